The van der Waals surface area contributed by atoms with Crippen molar-refractivity contribution in [2.45, 2.75) is 12.5 Å². The number of ether oxygens (including phenoxy) is 2. The first kappa shape index (κ1) is 11.6. The fourth-order valence-electron chi connectivity index (χ4n) is 1.36. The van der Waals surface area contributed by atoms with Crippen molar-refractivity contribution in [2.75, 3.05) is 14.2 Å². The molecule has 0 saturated heterocycles. The molecule has 1 aromatic carbocycles. The van der Waals surface area contributed by atoms with Crippen molar-refractivity contribution in [3.8, 4) is 11.5 Å². The lowest BCUT2D eigenvalue weighted by atomic mass is 10.0. The van der Waals surface area contributed by atoms with E-state index in [1.54, 1.807) is 20.3 Å². The van der Waals surface area contributed by atoms with Crippen molar-refractivity contribution in [1.29, 1.82) is 0 Å². The lowest BCUT2D eigenvalue weighted by molar-refractivity contribution is 0.392. The molecular formula is C12H17NO2. The van der Waals surface area contributed by atoms with Crippen molar-refractivity contribution in [2.24, 2.45) is 5.73 Å². The predicted molar refractivity (Wildman–Crippen MR) is 61.3 cm³/mol. The molecule has 0 aromatic heterocycles. The van der Waals surface area contributed by atoms with Crippen LogP contribution in [-0.2, 0) is 0 Å². The van der Waals surface area contributed by atoms with Crippen molar-refractivity contribution in [1.82, 2.24) is 0 Å². The van der Waals surface area contributed by atoms with Crippen molar-refractivity contribution < 1.29 is 9.47 Å². The molecule has 1 rings (SSSR count). The van der Waals surface area contributed by atoms with Crippen LogP contribution in [0, 0.1) is 0 Å². The summed E-state index contributed by atoms with van der Waals surface area (Å²) in [7, 11) is 3.25. The van der Waals surface area contributed by atoms with Crippen LogP contribution in [0.3, 0.4) is 0 Å². The molecule has 0 aliphatic heterocycles. The SMILES string of the molecule is C=CC[C@H](N)c1cc(OC)cc(OC)c1. The van der Waals surface area contributed by atoms with Gasteiger partial charge in [-0.05, 0) is 24.1 Å². The zero-order valence-corrected chi connectivity index (χ0v) is 9.19. The van der Waals surface area contributed by atoms with E-state index in [1.807, 2.05) is 18.2 Å². The van der Waals surface area contributed by atoms with Gasteiger partial charge in [-0.1, -0.05) is 6.08 Å². The van der Waals surface area contributed by atoms with Crippen LogP contribution in [0.4, 0.5) is 0 Å². The number of methoxy groups -OCH3 is 2. The molecule has 3 heteroatoms. The Kier molecular flexibility index (Phi) is 4.18. The van der Waals surface area contributed by atoms with Gasteiger partial charge in [0.25, 0.3) is 0 Å². The third kappa shape index (κ3) is 2.99. The summed E-state index contributed by atoms with van der Waals surface area (Å²) in [6.07, 6.45) is 2.53. The number of rotatable bonds is 5. The average molecular weight is 207 g/mol. The van der Waals surface area contributed by atoms with Gasteiger partial charge in [0, 0.05) is 12.1 Å². The van der Waals surface area contributed by atoms with E-state index in [0.29, 0.717) is 0 Å². The van der Waals surface area contributed by atoms with E-state index < -0.39 is 0 Å². The third-order valence-corrected chi connectivity index (χ3v) is 2.22. The van der Waals surface area contributed by atoms with E-state index in [2.05, 4.69) is 6.58 Å². The first-order chi connectivity index (χ1) is 7.21. The summed E-state index contributed by atoms with van der Waals surface area (Å²) >= 11 is 0. The lowest BCUT2D eigenvalue weighted by Crippen LogP contribution is -2.09. The van der Waals surface area contributed by atoms with Crippen LogP contribution >= 0.6 is 0 Å². The Morgan fingerprint density at radius 2 is 1.80 bits per heavy atom. The van der Waals surface area contributed by atoms with Gasteiger partial charge < -0.3 is 15.2 Å². The number of hydrogen-bond donors (Lipinski definition) is 1. The largest absolute Gasteiger partial charge is 0.497 e. The van der Waals surface area contributed by atoms with Crippen LogP contribution in [0.5, 0.6) is 11.5 Å². The fraction of sp³-hybridized carbons (Fsp3) is 0.333. The monoisotopic (exact) mass is 207 g/mol. The zero-order chi connectivity index (χ0) is 11.3. The van der Waals surface area contributed by atoms with E-state index in [-0.39, 0.29) is 6.04 Å². The predicted octanol–water partition coefficient (Wildman–Crippen LogP) is 2.28. The van der Waals surface area contributed by atoms with Crippen molar-refractivity contribution in [3.63, 3.8) is 0 Å². The smallest absolute Gasteiger partial charge is 0.122 e. The van der Waals surface area contributed by atoms with Gasteiger partial charge in [-0.15, -0.1) is 6.58 Å². The molecule has 0 amide bonds. The van der Waals surface area contributed by atoms with E-state index in [9.17, 15) is 0 Å². The van der Waals surface area contributed by atoms with Crippen LogP contribution < -0.4 is 15.2 Å². The Morgan fingerprint density at radius 1 is 1.27 bits per heavy atom. The van der Waals surface area contributed by atoms with Gasteiger partial charge in [0.15, 0.2) is 0 Å². The maximum atomic E-state index is 5.97. The molecule has 0 bridgehead atoms. The van der Waals surface area contributed by atoms with E-state index >= 15 is 0 Å². The molecular weight excluding hydrogens is 190 g/mol. The van der Waals surface area contributed by atoms with Gasteiger partial charge in [-0.3, -0.25) is 0 Å². The molecule has 0 heterocycles. The van der Waals surface area contributed by atoms with Gasteiger partial charge in [0.05, 0.1) is 14.2 Å². The summed E-state index contributed by atoms with van der Waals surface area (Å²) in [4.78, 5) is 0. The van der Waals surface area contributed by atoms with Gasteiger partial charge in [0.1, 0.15) is 11.5 Å². The summed E-state index contributed by atoms with van der Waals surface area (Å²) in [5, 5.41) is 0. The molecule has 0 spiro atoms. The molecule has 0 aliphatic rings. The highest BCUT2D eigenvalue weighted by atomic mass is 16.5. The minimum Gasteiger partial charge on any atom is -0.497 e. The lowest BCUT2D eigenvalue weighted by Gasteiger charge is -2.13. The highest BCUT2D eigenvalue weighted by Gasteiger charge is 2.07. The third-order valence-electron chi connectivity index (χ3n) is 2.22. The number of benzene rings is 1. The Morgan fingerprint density at radius 3 is 2.20 bits per heavy atom. The molecule has 2 N–H and O–H groups in total. The van der Waals surface area contributed by atoms with Crippen LogP contribution in [-0.4, -0.2) is 14.2 Å². The Bertz CT molecular complexity index is 314. The molecule has 3 nitrogen and oxygen atoms in total. The topological polar surface area (TPSA) is 44.5 Å². The summed E-state index contributed by atoms with van der Waals surface area (Å²) in [6.45, 7) is 3.67. The second kappa shape index (κ2) is 5.41. The molecule has 0 radical (unpaired) electrons. The second-order valence-corrected chi connectivity index (χ2v) is 3.28. The quantitative estimate of drug-likeness (QED) is 0.753. The number of hydrogen-bond acceptors (Lipinski definition) is 3. The summed E-state index contributed by atoms with van der Waals surface area (Å²) in [5.74, 6) is 1.51. The molecule has 1 atom stereocenters. The highest BCUT2D eigenvalue weighted by molar-refractivity contribution is 5.39. The van der Waals surface area contributed by atoms with E-state index in [1.165, 1.54) is 0 Å². The fourth-order valence-corrected chi connectivity index (χ4v) is 1.36. The van der Waals surface area contributed by atoms with Gasteiger partial charge in [0.2, 0.25) is 0 Å². The summed E-state index contributed by atoms with van der Waals surface area (Å²) < 4.78 is 10.3. The molecule has 0 unspecified atom stereocenters. The van der Waals surface area contributed by atoms with E-state index in [4.69, 9.17) is 15.2 Å². The van der Waals surface area contributed by atoms with Crippen LogP contribution in [0.1, 0.15) is 18.0 Å². The minimum absolute atomic E-state index is 0.0634. The Balaban J connectivity index is 3.00. The molecule has 0 aliphatic carbocycles. The Hall–Kier alpha value is -1.48. The zero-order valence-electron chi connectivity index (χ0n) is 9.19. The maximum Gasteiger partial charge on any atom is 0.122 e. The molecule has 0 saturated carbocycles. The van der Waals surface area contributed by atoms with Gasteiger partial charge in [-0.2, -0.15) is 0 Å². The first-order valence-corrected chi connectivity index (χ1v) is 4.80. The standard InChI is InChI=1S/C12H17NO2/c1-4-5-12(13)9-6-10(14-2)8-11(7-9)15-3/h4,6-8,12H,1,5,13H2,2-3H3/t12-/m0/s1. The normalized spacial score (nSPS) is 11.9. The van der Waals surface area contributed by atoms with Crippen molar-refractivity contribution >= 4 is 0 Å². The van der Waals surface area contributed by atoms with Crippen LogP contribution in [0.25, 0.3) is 0 Å². The summed E-state index contributed by atoms with van der Waals surface area (Å²) in [6, 6.07) is 5.59. The maximum absolute atomic E-state index is 5.97. The van der Waals surface area contributed by atoms with Crippen LogP contribution in [0.15, 0.2) is 30.9 Å². The Labute approximate surface area is 90.5 Å². The second-order valence-electron chi connectivity index (χ2n) is 3.28. The number of nitrogens with two attached hydrogens (primary N) is 1. The molecule has 15 heavy (non-hydrogen) atoms. The van der Waals surface area contributed by atoms with Crippen LogP contribution in [0.2, 0.25) is 0 Å². The van der Waals surface area contributed by atoms with Crippen molar-refractivity contribution in [3.05, 3.63) is 36.4 Å². The molecule has 1 aromatic rings. The van der Waals surface area contributed by atoms with Gasteiger partial charge in [-0.25, -0.2) is 0 Å². The van der Waals surface area contributed by atoms with Gasteiger partial charge >= 0.3 is 0 Å². The first-order valence-electron chi connectivity index (χ1n) is 4.80. The minimum atomic E-state index is -0.0634. The molecule has 0 fully saturated rings. The van der Waals surface area contributed by atoms with E-state index in [0.717, 1.165) is 23.5 Å². The summed E-state index contributed by atoms with van der Waals surface area (Å²) in [5.41, 5.74) is 6.96. The molecule has 82 valence electrons. The average Bonchev–Trinajstić information content (AvgIpc) is 2.28. The highest BCUT2D eigenvalue weighted by Crippen LogP contribution is 2.26.